The summed E-state index contributed by atoms with van der Waals surface area (Å²) >= 11 is 0. The number of nitrogens with zero attached hydrogens (tertiary/aromatic N) is 4. The van der Waals surface area contributed by atoms with E-state index in [1.54, 1.807) is 0 Å². The van der Waals surface area contributed by atoms with Crippen LogP contribution in [0.2, 0.25) is 0 Å². The first-order chi connectivity index (χ1) is 43.5. The third kappa shape index (κ3) is 8.75. The molecule has 0 saturated carbocycles. The van der Waals surface area contributed by atoms with Crippen LogP contribution in [0.25, 0.3) is 87.3 Å². The highest BCUT2D eigenvalue weighted by Gasteiger charge is 2.31. The van der Waals surface area contributed by atoms with Gasteiger partial charge in [0.25, 0.3) is 0 Å². The second-order valence-electron chi connectivity index (χ2n) is 25.5. The summed E-state index contributed by atoms with van der Waals surface area (Å²) in [6.45, 7) is 9.30. The molecule has 0 spiro atoms. The maximum Gasteiger partial charge on any atom is 0.0562 e. The first-order valence-corrected chi connectivity index (χ1v) is 33.3. The maximum absolute atomic E-state index is 2.74. The molecule has 16 rings (SSSR count). The lowest BCUT2D eigenvalue weighted by Gasteiger charge is -2.34. The van der Waals surface area contributed by atoms with Crippen LogP contribution < -0.4 is 9.80 Å². The Hall–Kier alpha value is -9.12. The van der Waals surface area contributed by atoms with Gasteiger partial charge in [-0.2, -0.15) is 0 Å². The van der Waals surface area contributed by atoms with Gasteiger partial charge >= 0.3 is 0 Å². The van der Waals surface area contributed by atoms with Gasteiger partial charge in [-0.1, -0.05) is 175 Å². The molecule has 434 valence electrons. The highest BCUT2D eigenvalue weighted by Crippen LogP contribution is 2.54. The summed E-state index contributed by atoms with van der Waals surface area (Å²) in [5.74, 6) is 0. The Bertz CT molecular complexity index is 4690. The third-order valence-electron chi connectivity index (χ3n) is 20.0. The number of aryl methyl sites for hydroxylation is 6. The Labute approximate surface area is 518 Å². The Kier molecular flexibility index (Phi) is 13.9. The SMILES string of the molecule is CCCc1cccc(-n2c3ccccc3c3c(N(c4cccc5c4CCCC5)c4cc(CCC)c5ccc6c(N(c7cccc8c7CCCC8)c7cccc8c7c7ccccc7n8-c7cccc(CCC)c7)cc(CCC)c7ccc4c5c76)cccc32)c1. The number of para-hydroxylation sites is 2. The molecule has 88 heavy (non-hydrogen) atoms. The lowest BCUT2D eigenvalue weighted by molar-refractivity contribution is 0.686. The van der Waals surface area contributed by atoms with Crippen LogP contribution >= 0.6 is 0 Å². The van der Waals surface area contributed by atoms with Crippen LogP contribution in [0.5, 0.6) is 0 Å². The Balaban J connectivity index is 1.01. The lowest BCUT2D eigenvalue weighted by atomic mass is 9.85. The Morgan fingerprint density at radius 1 is 0.295 bits per heavy atom. The van der Waals surface area contributed by atoms with E-state index in [1.165, 1.54) is 192 Å². The third-order valence-corrected chi connectivity index (χ3v) is 20.0. The number of hydrogen-bond acceptors (Lipinski definition) is 2. The average Bonchev–Trinajstić information content (AvgIpc) is 1.01. The number of hydrogen-bond donors (Lipinski definition) is 0. The van der Waals surface area contributed by atoms with Crippen LogP contribution in [0.15, 0.2) is 206 Å². The topological polar surface area (TPSA) is 16.3 Å². The molecule has 12 aromatic carbocycles. The smallest absolute Gasteiger partial charge is 0.0562 e. The molecule has 2 aliphatic carbocycles. The molecule has 2 heterocycles. The molecule has 0 N–H and O–H groups in total. The summed E-state index contributed by atoms with van der Waals surface area (Å²) in [4.78, 5) is 5.49. The molecule has 0 atom stereocenters. The molecule has 0 fully saturated rings. The second-order valence-corrected chi connectivity index (χ2v) is 25.5. The van der Waals surface area contributed by atoms with E-state index < -0.39 is 0 Å². The first kappa shape index (κ1) is 54.3. The van der Waals surface area contributed by atoms with E-state index >= 15 is 0 Å². The zero-order chi connectivity index (χ0) is 59.0. The van der Waals surface area contributed by atoms with Crippen LogP contribution in [0, 0.1) is 0 Å². The van der Waals surface area contributed by atoms with Gasteiger partial charge in [0, 0.05) is 55.1 Å². The van der Waals surface area contributed by atoms with Gasteiger partial charge in [0.2, 0.25) is 0 Å². The summed E-state index contributed by atoms with van der Waals surface area (Å²) in [5, 5.41) is 13.2. The lowest BCUT2D eigenvalue weighted by Crippen LogP contribution is -2.17. The van der Waals surface area contributed by atoms with Gasteiger partial charge in [-0.15, -0.1) is 0 Å². The van der Waals surface area contributed by atoms with Crippen LogP contribution in [0.3, 0.4) is 0 Å². The van der Waals surface area contributed by atoms with Crippen molar-refractivity contribution in [2.75, 3.05) is 9.80 Å². The van der Waals surface area contributed by atoms with Crippen molar-refractivity contribution in [3.8, 4) is 11.4 Å². The van der Waals surface area contributed by atoms with Gasteiger partial charge in [0.15, 0.2) is 0 Å². The fraction of sp³-hybridized carbons (Fsp3) is 0.238. The van der Waals surface area contributed by atoms with E-state index in [4.69, 9.17) is 0 Å². The molecule has 0 unspecified atom stereocenters. The van der Waals surface area contributed by atoms with Crippen molar-refractivity contribution in [2.24, 2.45) is 0 Å². The molecule has 2 aromatic heterocycles. The quantitative estimate of drug-likeness (QED) is 0.0897. The fourth-order valence-corrected chi connectivity index (χ4v) is 16.4. The van der Waals surface area contributed by atoms with E-state index in [2.05, 4.69) is 253 Å². The minimum absolute atomic E-state index is 0.976. The summed E-state index contributed by atoms with van der Waals surface area (Å²) in [6, 6.07) is 80.9. The molecule has 0 saturated heterocycles. The van der Waals surface area contributed by atoms with E-state index in [-0.39, 0.29) is 0 Å². The van der Waals surface area contributed by atoms with Crippen molar-refractivity contribution in [3.05, 3.63) is 251 Å². The minimum atomic E-state index is 0.976. The zero-order valence-electron chi connectivity index (χ0n) is 51.7. The van der Waals surface area contributed by atoms with Gasteiger partial charge in [-0.05, 0) is 228 Å². The van der Waals surface area contributed by atoms with E-state index in [9.17, 15) is 0 Å². The van der Waals surface area contributed by atoms with Crippen molar-refractivity contribution in [2.45, 2.75) is 130 Å². The highest BCUT2D eigenvalue weighted by molar-refractivity contribution is 6.30. The minimum Gasteiger partial charge on any atom is -0.309 e. The molecule has 0 amide bonds. The van der Waals surface area contributed by atoms with Crippen LogP contribution in [0.4, 0.5) is 34.1 Å². The predicted molar refractivity (Wildman–Crippen MR) is 377 cm³/mol. The van der Waals surface area contributed by atoms with E-state index in [0.717, 1.165) is 77.0 Å². The fourth-order valence-electron chi connectivity index (χ4n) is 16.4. The molecular formula is C84H78N4. The van der Waals surface area contributed by atoms with Crippen molar-refractivity contribution in [1.29, 1.82) is 0 Å². The Morgan fingerprint density at radius 3 is 1.14 bits per heavy atom. The number of aromatic nitrogens is 2. The molecule has 2 aliphatic rings. The maximum atomic E-state index is 2.74. The molecule has 14 aromatic rings. The molecule has 0 bridgehead atoms. The summed E-state index contributed by atoms with van der Waals surface area (Å²) < 4.78 is 5.07. The normalized spacial score (nSPS) is 13.5. The van der Waals surface area contributed by atoms with Crippen LogP contribution in [-0.2, 0) is 51.4 Å². The van der Waals surface area contributed by atoms with Gasteiger partial charge in [-0.25, -0.2) is 0 Å². The standard InChI is InChI=1S/C84H78N4/c1-5-23-55-27-17-33-61(51-55)85-73-39-15-13-37-67(73)83-75(85)43-21-45-77(83)87(71-41-19-31-57-29-9-11-35-63(57)71)79-53-59(25-7-3)65-48-50-70-80(54-60(26-8-4)66-47-49-69(79)81(65)82(66)70)88(72-42-20-32-58-30-10-12-36-64(58)72)78-46-22-44-76-84(78)68-38-14-16-40-74(68)86(76)62-34-18-28-56(52-62)24-6-2/h13-22,27-28,31-34,37-54H,5-12,23-26,29-30,35-36H2,1-4H3. The molecule has 4 nitrogen and oxygen atoms in total. The van der Waals surface area contributed by atoms with Crippen molar-refractivity contribution in [1.82, 2.24) is 9.13 Å². The van der Waals surface area contributed by atoms with Gasteiger partial charge in [-0.3, -0.25) is 0 Å². The van der Waals surface area contributed by atoms with Crippen LogP contribution in [0.1, 0.15) is 124 Å². The van der Waals surface area contributed by atoms with Gasteiger partial charge in [0.1, 0.15) is 0 Å². The zero-order valence-corrected chi connectivity index (χ0v) is 51.7. The second kappa shape index (κ2) is 22.5. The molecule has 0 radical (unpaired) electrons. The largest absolute Gasteiger partial charge is 0.309 e. The summed E-state index contributed by atoms with van der Waals surface area (Å²) in [5.41, 5.74) is 26.5. The number of benzene rings is 12. The Morgan fingerprint density at radius 2 is 0.682 bits per heavy atom. The molecular weight excluding hydrogens is 1060 g/mol. The summed E-state index contributed by atoms with van der Waals surface area (Å²) in [7, 11) is 0. The van der Waals surface area contributed by atoms with Crippen LogP contribution in [-0.4, -0.2) is 9.13 Å². The van der Waals surface area contributed by atoms with Gasteiger partial charge in [0.05, 0.1) is 44.8 Å². The van der Waals surface area contributed by atoms with Crippen molar-refractivity contribution >= 4 is 110 Å². The first-order valence-electron chi connectivity index (χ1n) is 33.3. The average molecular weight is 1140 g/mol. The van der Waals surface area contributed by atoms with E-state index in [1.807, 2.05) is 0 Å². The van der Waals surface area contributed by atoms with Gasteiger partial charge < -0.3 is 18.9 Å². The predicted octanol–water partition coefficient (Wildman–Crippen LogP) is 23.3. The highest BCUT2D eigenvalue weighted by atomic mass is 15.2. The van der Waals surface area contributed by atoms with E-state index in [0.29, 0.717) is 0 Å². The number of rotatable bonds is 16. The molecule has 4 heteroatoms. The molecule has 0 aliphatic heterocycles. The van der Waals surface area contributed by atoms with Crippen molar-refractivity contribution < 1.29 is 0 Å². The number of fused-ring (bicyclic) bond motifs is 8. The monoisotopic (exact) mass is 1140 g/mol. The van der Waals surface area contributed by atoms with Crippen molar-refractivity contribution in [3.63, 3.8) is 0 Å². The number of anilines is 6. The summed E-state index contributed by atoms with van der Waals surface area (Å²) in [6.07, 6.45) is 17.6.